The minimum absolute atomic E-state index is 0.117. The summed E-state index contributed by atoms with van der Waals surface area (Å²) in [6.07, 6.45) is 0. The van der Waals surface area contributed by atoms with E-state index < -0.39 is 0 Å². The van der Waals surface area contributed by atoms with Crippen LogP contribution in [0.2, 0.25) is 0 Å². The first-order valence-corrected chi connectivity index (χ1v) is 4.89. The predicted molar refractivity (Wildman–Crippen MR) is 58.1 cm³/mol. The van der Waals surface area contributed by atoms with E-state index in [1.54, 1.807) is 14.0 Å². The molecular weight excluding hydrogens is 210 g/mol. The first kappa shape index (κ1) is 12.4. The molecular formula is C10H15N3O3. The van der Waals surface area contributed by atoms with Crippen LogP contribution in [0.5, 0.6) is 0 Å². The smallest absolute Gasteiger partial charge is 0.274 e. The molecule has 0 aliphatic carbocycles. The highest BCUT2D eigenvalue weighted by atomic mass is 16.3. The Morgan fingerprint density at radius 3 is 2.75 bits per heavy atom. The highest BCUT2D eigenvalue weighted by Gasteiger charge is 2.18. The van der Waals surface area contributed by atoms with Crippen molar-refractivity contribution in [2.24, 2.45) is 7.05 Å². The van der Waals surface area contributed by atoms with Crippen molar-refractivity contribution in [1.82, 2.24) is 14.7 Å². The quantitative estimate of drug-likeness (QED) is 0.733. The van der Waals surface area contributed by atoms with Gasteiger partial charge in [-0.3, -0.25) is 9.59 Å². The van der Waals surface area contributed by atoms with E-state index in [1.807, 2.05) is 0 Å². The molecule has 1 N–H and O–H groups in total. The summed E-state index contributed by atoms with van der Waals surface area (Å²) in [6, 6.07) is 2.38. The molecule has 1 aromatic heterocycles. The van der Waals surface area contributed by atoms with Gasteiger partial charge in [0.2, 0.25) is 0 Å². The van der Waals surface area contributed by atoms with E-state index in [-0.39, 0.29) is 29.8 Å². The molecule has 6 nitrogen and oxygen atoms in total. The summed E-state index contributed by atoms with van der Waals surface area (Å²) in [4.78, 5) is 24.3. The van der Waals surface area contributed by atoms with E-state index in [1.165, 1.54) is 24.1 Å². The van der Waals surface area contributed by atoms with Crippen LogP contribution in [0.25, 0.3) is 0 Å². The average molecular weight is 225 g/mol. The van der Waals surface area contributed by atoms with Gasteiger partial charge in [-0.2, -0.15) is 5.10 Å². The molecule has 0 saturated carbocycles. The van der Waals surface area contributed by atoms with Gasteiger partial charge >= 0.3 is 0 Å². The van der Waals surface area contributed by atoms with Gasteiger partial charge in [0.05, 0.1) is 12.6 Å². The molecule has 88 valence electrons. The van der Waals surface area contributed by atoms with Crippen LogP contribution in [0.3, 0.4) is 0 Å². The Labute approximate surface area is 93.1 Å². The number of rotatable bonds is 3. The molecule has 0 aromatic carbocycles. The van der Waals surface area contributed by atoms with E-state index in [4.69, 9.17) is 5.11 Å². The Balaban J connectivity index is 2.96. The molecule has 1 amide bonds. The van der Waals surface area contributed by atoms with Gasteiger partial charge in [-0.25, -0.2) is 4.68 Å². The fraction of sp³-hybridized carbons (Fsp3) is 0.500. The van der Waals surface area contributed by atoms with Gasteiger partial charge in [0, 0.05) is 20.2 Å². The summed E-state index contributed by atoms with van der Waals surface area (Å²) in [5, 5.41) is 12.8. The summed E-state index contributed by atoms with van der Waals surface area (Å²) in [5.41, 5.74) is -0.0840. The SMILES string of the molecule is CC(CO)N(C)C(=O)c1ccc(=O)n(C)n1. The topological polar surface area (TPSA) is 75.4 Å². The van der Waals surface area contributed by atoms with Gasteiger partial charge in [0.1, 0.15) is 5.69 Å². The van der Waals surface area contributed by atoms with Crippen molar-refractivity contribution in [3.05, 3.63) is 28.2 Å². The lowest BCUT2D eigenvalue weighted by Crippen LogP contribution is -2.38. The molecule has 0 aliphatic heterocycles. The second kappa shape index (κ2) is 4.89. The van der Waals surface area contributed by atoms with Crippen LogP contribution >= 0.6 is 0 Å². The van der Waals surface area contributed by atoms with Crippen molar-refractivity contribution in [2.45, 2.75) is 13.0 Å². The zero-order valence-electron chi connectivity index (χ0n) is 9.54. The lowest BCUT2D eigenvalue weighted by Gasteiger charge is -2.22. The third-order valence-corrected chi connectivity index (χ3v) is 2.43. The largest absolute Gasteiger partial charge is 0.394 e. The zero-order chi connectivity index (χ0) is 12.3. The van der Waals surface area contributed by atoms with Crippen molar-refractivity contribution in [3.63, 3.8) is 0 Å². The fourth-order valence-corrected chi connectivity index (χ4v) is 1.12. The summed E-state index contributed by atoms with van der Waals surface area (Å²) in [6.45, 7) is 1.61. The molecule has 0 fully saturated rings. The summed E-state index contributed by atoms with van der Waals surface area (Å²) < 4.78 is 1.10. The molecule has 1 aromatic rings. The molecule has 1 unspecified atom stereocenters. The maximum absolute atomic E-state index is 11.8. The first-order valence-electron chi connectivity index (χ1n) is 4.89. The van der Waals surface area contributed by atoms with Crippen molar-refractivity contribution >= 4 is 5.91 Å². The fourth-order valence-electron chi connectivity index (χ4n) is 1.12. The number of carbonyl (C=O) groups is 1. The van der Waals surface area contributed by atoms with Crippen LogP contribution in [0, 0.1) is 0 Å². The highest BCUT2D eigenvalue weighted by molar-refractivity contribution is 5.92. The molecule has 0 saturated heterocycles. The molecule has 1 atom stereocenters. The third-order valence-electron chi connectivity index (χ3n) is 2.43. The van der Waals surface area contributed by atoms with Gasteiger partial charge in [-0.15, -0.1) is 0 Å². The lowest BCUT2D eigenvalue weighted by atomic mass is 10.2. The van der Waals surface area contributed by atoms with Crippen LogP contribution < -0.4 is 5.56 Å². The average Bonchev–Trinajstić information content (AvgIpc) is 2.29. The van der Waals surface area contributed by atoms with Crippen LogP contribution in [0.1, 0.15) is 17.4 Å². The maximum atomic E-state index is 11.8. The maximum Gasteiger partial charge on any atom is 0.274 e. The van der Waals surface area contributed by atoms with Gasteiger partial charge in [0.25, 0.3) is 11.5 Å². The second-order valence-electron chi connectivity index (χ2n) is 3.63. The minimum Gasteiger partial charge on any atom is -0.394 e. The van der Waals surface area contributed by atoms with Gasteiger partial charge in [0.15, 0.2) is 0 Å². The van der Waals surface area contributed by atoms with Crippen LogP contribution in [-0.2, 0) is 7.05 Å². The number of amides is 1. The van der Waals surface area contributed by atoms with Crippen molar-refractivity contribution in [2.75, 3.05) is 13.7 Å². The van der Waals surface area contributed by atoms with E-state index in [9.17, 15) is 9.59 Å². The highest BCUT2D eigenvalue weighted by Crippen LogP contribution is 2.01. The van der Waals surface area contributed by atoms with Crippen molar-refractivity contribution in [1.29, 1.82) is 0 Å². The van der Waals surface area contributed by atoms with Crippen molar-refractivity contribution in [3.8, 4) is 0 Å². The monoisotopic (exact) mass is 225 g/mol. The Morgan fingerprint density at radius 2 is 2.25 bits per heavy atom. The normalized spacial score (nSPS) is 12.2. The number of hydrogen-bond acceptors (Lipinski definition) is 4. The number of aryl methyl sites for hydroxylation is 1. The molecule has 0 spiro atoms. The molecule has 0 aliphatic rings. The van der Waals surface area contributed by atoms with Crippen LogP contribution in [-0.4, -0.2) is 45.4 Å². The molecule has 1 rings (SSSR count). The van der Waals surface area contributed by atoms with Crippen LogP contribution in [0.15, 0.2) is 16.9 Å². The predicted octanol–water partition coefficient (Wildman–Crippen LogP) is -0.767. The molecule has 0 radical (unpaired) electrons. The number of aromatic nitrogens is 2. The minimum atomic E-state index is -0.322. The third kappa shape index (κ3) is 2.46. The number of nitrogens with zero attached hydrogens (tertiary/aromatic N) is 3. The number of aliphatic hydroxyl groups is 1. The Morgan fingerprint density at radius 1 is 1.62 bits per heavy atom. The van der Waals surface area contributed by atoms with Crippen LogP contribution in [0.4, 0.5) is 0 Å². The van der Waals surface area contributed by atoms with Gasteiger partial charge in [-0.1, -0.05) is 0 Å². The van der Waals surface area contributed by atoms with Gasteiger partial charge < -0.3 is 10.0 Å². The molecule has 6 heteroatoms. The first-order chi connectivity index (χ1) is 7.47. The van der Waals surface area contributed by atoms with E-state index in [0.717, 1.165) is 4.68 Å². The van der Waals surface area contributed by atoms with E-state index >= 15 is 0 Å². The summed E-state index contributed by atoms with van der Waals surface area (Å²) in [5.74, 6) is -0.322. The number of hydrogen-bond donors (Lipinski definition) is 1. The van der Waals surface area contributed by atoms with E-state index in [0.29, 0.717) is 0 Å². The number of carbonyl (C=O) groups excluding carboxylic acids is 1. The molecule has 16 heavy (non-hydrogen) atoms. The molecule has 1 heterocycles. The van der Waals surface area contributed by atoms with Crippen molar-refractivity contribution < 1.29 is 9.90 Å². The van der Waals surface area contributed by atoms with Gasteiger partial charge in [-0.05, 0) is 13.0 Å². The zero-order valence-corrected chi connectivity index (χ0v) is 9.54. The Bertz CT molecular complexity index is 441. The second-order valence-corrected chi connectivity index (χ2v) is 3.63. The Kier molecular flexibility index (Phi) is 3.78. The molecule has 0 bridgehead atoms. The number of likely N-dealkylation sites (N-methyl/N-ethyl adjacent to an activating group) is 1. The summed E-state index contributed by atoms with van der Waals surface area (Å²) in [7, 11) is 3.06. The Hall–Kier alpha value is -1.69. The van der Waals surface area contributed by atoms with E-state index in [2.05, 4.69) is 5.10 Å². The number of aliphatic hydroxyl groups excluding tert-OH is 1. The standard InChI is InChI=1S/C10H15N3O3/c1-7(6-14)12(2)10(16)8-4-5-9(15)13(3)11-8/h4-5,7,14H,6H2,1-3H3. The lowest BCUT2D eigenvalue weighted by molar-refractivity contribution is 0.0674. The summed E-state index contributed by atoms with van der Waals surface area (Å²) >= 11 is 0.